The number of ether oxygens (including phenoxy) is 1. The molecule has 0 fully saturated rings. The van der Waals surface area contributed by atoms with E-state index in [0.29, 0.717) is 21.4 Å². The molecule has 0 atom stereocenters. The van der Waals surface area contributed by atoms with Gasteiger partial charge in [0.05, 0.1) is 16.6 Å². The van der Waals surface area contributed by atoms with Crippen molar-refractivity contribution in [3.05, 3.63) is 111 Å². The molecule has 0 saturated heterocycles. The molecule has 4 rings (SSSR count). The Morgan fingerprint density at radius 2 is 1.81 bits per heavy atom. The monoisotopic (exact) mass is 538 g/mol. The Hall–Kier alpha value is -3.85. The number of carbonyl (C=O) groups excluding carboxylic acids is 2. The highest BCUT2D eigenvalue weighted by atomic mass is 35.5. The van der Waals surface area contributed by atoms with Gasteiger partial charge in [-0.1, -0.05) is 59.6 Å². The maximum absolute atomic E-state index is 14.1. The Labute approximate surface area is 224 Å². The second-order valence-electron chi connectivity index (χ2n) is 8.38. The van der Waals surface area contributed by atoms with Crippen molar-refractivity contribution in [3.8, 4) is 5.75 Å². The van der Waals surface area contributed by atoms with Gasteiger partial charge in [0, 0.05) is 19.4 Å². The molecule has 2 aromatic heterocycles. The molecule has 4 aromatic rings. The van der Waals surface area contributed by atoms with Crippen LogP contribution in [0.1, 0.15) is 37.5 Å². The SMILES string of the molecule is Cc1ccnc(N(Cc2ccccc2)C(=O)c2c(OCc3ccc(Cl)c(Cl)c3)c(C(=O)NO)cn2C)c1. The summed E-state index contributed by atoms with van der Waals surface area (Å²) in [7, 11) is 1.62. The molecule has 0 saturated carbocycles. The van der Waals surface area contributed by atoms with E-state index in [1.54, 1.807) is 43.0 Å². The number of aromatic nitrogens is 2. The van der Waals surface area contributed by atoms with Crippen LogP contribution < -0.4 is 15.1 Å². The van der Waals surface area contributed by atoms with Crippen molar-refractivity contribution >= 4 is 40.8 Å². The Morgan fingerprint density at radius 3 is 2.49 bits per heavy atom. The van der Waals surface area contributed by atoms with E-state index in [2.05, 4.69) is 4.98 Å². The van der Waals surface area contributed by atoms with Gasteiger partial charge in [-0.2, -0.15) is 0 Å². The highest BCUT2D eigenvalue weighted by Crippen LogP contribution is 2.31. The van der Waals surface area contributed by atoms with Crippen LogP contribution in [0.15, 0.2) is 73.1 Å². The summed E-state index contributed by atoms with van der Waals surface area (Å²) in [6, 6.07) is 18.1. The van der Waals surface area contributed by atoms with E-state index in [4.69, 9.17) is 27.9 Å². The average Bonchev–Trinajstić information content (AvgIpc) is 3.23. The number of hydroxylamine groups is 1. The zero-order valence-corrected chi connectivity index (χ0v) is 21.6. The summed E-state index contributed by atoms with van der Waals surface area (Å²) >= 11 is 12.1. The molecule has 2 aromatic carbocycles. The number of carbonyl (C=O) groups is 2. The zero-order valence-electron chi connectivity index (χ0n) is 20.1. The van der Waals surface area contributed by atoms with Crippen molar-refractivity contribution in [2.45, 2.75) is 20.1 Å². The van der Waals surface area contributed by atoms with Crippen LogP contribution in [0.3, 0.4) is 0 Å². The molecular formula is C27H24Cl2N4O4. The first-order valence-corrected chi connectivity index (χ1v) is 12.0. The number of halogens is 2. The molecule has 0 radical (unpaired) electrons. The second-order valence-corrected chi connectivity index (χ2v) is 9.19. The highest BCUT2D eigenvalue weighted by molar-refractivity contribution is 6.42. The number of nitrogens with one attached hydrogen (secondary N) is 1. The molecule has 2 N–H and O–H groups in total. The van der Waals surface area contributed by atoms with Gasteiger partial charge in [0.2, 0.25) is 0 Å². The molecule has 37 heavy (non-hydrogen) atoms. The van der Waals surface area contributed by atoms with Crippen LogP contribution in [-0.2, 0) is 20.2 Å². The molecule has 10 heteroatoms. The van der Waals surface area contributed by atoms with Crippen molar-refractivity contribution < 1.29 is 19.5 Å². The van der Waals surface area contributed by atoms with E-state index in [1.165, 1.54) is 15.7 Å². The minimum absolute atomic E-state index is 0.00568. The van der Waals surface area contributed by atoms with E-state index < -0.39 is 11.8 Å². The number of amides is 2. The van der Waals surface area contributed by atoms with Crippen LogP contribution in [-0.4, -0.2) is 26.6 Å². The fourth-order valence-corrected chi connectivity index (χ4v) is 4.14. The summed E-state index contributed by atoms with van der Waals surface area (Å²) in [6.45, 7) is 2.14. The van der Waals surface area contributed by atoms with Gasteiger partial charge in [-0.15, -0.1) is 0 Å². The number of anilines is 1. The first-order chi connectivity index (χ1) is 17.8. The number of aryl methyl sites for hydroxylation is 2. The summed E-state index contributed by atoms with van der Waals surface area (Å²) < 4.78 is 7.50. The summed E-state index contributed by atoms with van der Waals surface area (Å²) in [4.78, 5) is 32.5. The van der Waals surface area contributed by atoms with Crippen molar-refractivity contribution in [2.75, 3.05) is 4.90 Å². The number of hydrogen-bond donors (Lipinski definition) is 2. The molecule has 2 amide bonds. The van der Waals surface area contributed by atoms with Crippen molar-refractivity contribution in [3.63, 3.8) is 0 Å². The Morgan fingerprint density at radius 1 is 1.05 bits per heavy atom. The summed E-state index contributed by atoms with van der Waals surface area (Å²) in [5.41, 5.74) is 4.21. The molecule has 0 aliphatic heterocycles. The molecule has 8 nitrogen and oxygen atoms in total. The topological polar surface area (TPSA) is 96.7 Å². The molecule has 190 valence electrons. The Kier molecular flexibility index (Phi) is 8.13. The van der Waals surface area contributed by atoms with Crippen LogP contribution in [0.4, 0.5) is 5.82 Å². The predicted octanol–water partition coefficient (Wildman–Crippen LogP) is 5.58. The van der Waals surface area contributed by atoms with Gasteiger partial charge in [0.25, 0.3) is 11.8 Å². The fraction of sp³-hybridized carbons (Fsp3) is 0.148. The van der Waals surface area contributed by atoms with E-state index in [1.807, 2.05) is 43.3 Å². The quantitative estimate of drug-likeness (QED) is 0.225. The lowest BCUT2D eigenvalue weighted by Crippen LogP contribution is -2.33. The highest BCUT2D eigenvalue weighted by Gasteiger charge is 2.30. The number of rotatable bonds is 8. The summed E-state index contributed by atoms with van der Waals surface area (Å²) in [6.07, 6.45) is 3.06. The normalized spacial score (nSPS) is 10.7. The minimum atomic E-state index is -0.818. The number of nitrogens with zero attached hydrogens (tertiary/aromatic N) is 3. The molecular weight excluding hydrogens is 515 g/mol. The van der Waals surface area contributed by atoms with Crippen molar-refractivity contribution in [1.29, 1.82) is 0 Å². The van der Waals surface area contributed by atoms with Gasteiger partial charge in [0.1, 0.15) is 18.0 Å². The van der Waals surface area contributed by atoms with Crippen LogP contribution >= 0.6 is 23.2 Å². The maximum atomic E-state index is 14.1. The van der Waals surface area contributed by atoms with E-state index >= 15 is 0 Å². The van der Waals surface area contributed by atoms with Gasteiger partial charge in [-0.25, -0.2) is 10.5 Å². The minimum Gasteiger partial charge on any atom is -0.486 e. The lowest BCUT2D eigenvalue weighted by Gasteiger charge is -2.23. The molecule has 0 aliphatic rings. The van der Waals surface area contributed by atoms with Crippen LogP contribution in [0.2, 0.25) is 10.0 Å². The second kappa shape index (κ2) is 11.5. The van der Waals surface area contributed by atoms with E-state index in [0.717, 1.165) is 11.1 Å². The summed E-state index contributed by atoms with van der Waals surface area (Å²) in [5, 5.41) is 10.1. The van der Waals surface area contributed by atoms with E-state index in [-0.39, 0.29) is 30.2 Å². The van der Waals surface area contributed by atoms with Crippen LogP contribution in [0.25, 0.3) is 0 Å². The van der Waals surface area contributed by atoms with Crippen molar-refractivity contribution in [1.82, 2.24) is 15.0 Å². The summed E-state index contributed by atoms with van der Waals surface area (Å²) in [5.74, 6) is -0.804. The standard InChI is InChI=1S/C27H24Cl2N4O4/c1-17-10-11-30-23(12-17)33(14-18-6-4-3-5-7-18)27(35)24-25(20(15-32(24)2)26(34)31-36)37-16-19-8-9-21(28)22(29)13-19/h3-13,15,36H,14,16H2,1-2H3,(H,31,34). The van der Waals surface area contributed by atoms with E-state index in [9.17, 15) is 14.8 Å². The number of benzene rings is 2. The first kappa shape index (κ1) is 26.2. The molecule has 0 aliphatic carbocycles. The molecule has 0 bridgehead atoms. The van der Waals surface area contributed by atoms with Gasteiger partial charge in [-0.05, 0) is 47.9 Å². The van der Waals surface area contributed by atoms with Crippen LogP contribution in [0, 0.1) is 6.92 Å². The van der Waals surface area contributed by atoms with Crippen LogP contribution in [0.5, 0.6) is 5.75 Å². The Balaban J connectivity index is 1.77. The maximum Gasteiger partial charge on any atom is 0.280 e. The third kappa shape index (κ3) is 5.94. The molecule has 2 heterocycles. The smallest absolute Gasteiger partial charge is 0.280 e. The average molecular weight is 539 g/mol. The largest absolute Gasteiger partial charge is 0.486 e. The lowest BCUT2D eigenvalue weighted by molar-refractivity contribution is 0.0702. The fourth-order valence-electron chi connectivity index (χ4n) is 3.82. The van der Waals surface area contributed by atoms with Gasteiger partial charge < -0.3 is 9.30 Å². The van der Waals surface area contributed by atoms with Gasteiger partial charge >= 0.3 is 0 Å². The number of pyridine rings is 1. The first-order valence-electron chi connectivity index (χ1n) is 11.3. The number of hydrogen-bond acceptors (Lipinski definition) is 5. The predicted molar refractivity (Wildman–Crippen MR) is 141 cm³/mol. The molecule has 0 unspecified atom stereocenters. The third-order valence-electron chi connectivity index (χ3n) is 5.66. The van der Waals surface area contributed by atoms with Gasteiger partial charge in [0.15, 0.2) is 11.4 Å². The van der Waals surface area contributed by atoms with Gasteiger partial charge in [-0.3, -0.25) is 19.7 Å². The lowest BCUT2D eigenvalue weighted by atomic mass is 10.1. The van der Waals surface area contributed by atoms with Crippen molar-refractivity contribution in [2.24, 2.45) is 7.05 Å². The third-order valence-corrected chi connectivity index (χ3v) is 6.40. The molecule has 0 spiro atoms. The Bertz CT molecular complexity index is 1440. The zero-order chi connectivity index (χ0) is 26.5.